The van der Waals surface area contributed by atoms with Crippen LogP contribution < -0.4 is 14.8 Å². The number of hydrogen-bond donors (Lipinski definition) is 1. The molecule has 0 aliphatic carbocycles. The lowest BCUT2D eigenvalue weighted by Crippen LogP contribution is -2.41. The highest BCUT2D eigenvalue weighted by Crippen LogP contribution is 2.35. The molecule has 0 atom stereocenters. The predicted octanol–water partition coefficient (Wildman–Crippen LogP) is 4.15. The molecule has 0 saturated heterocycles. The summed E-state index contributed by atoms with van der Waals surface area (Å²) >= 11 is 0. The van der Waals surface area contributed by atoms with Crippen LogP contribution in [0.15, 0.2) is 18.2 Å². The minimum Gasteiger partial charge on any atom is -0.497 e. The van der Waals surface area contributed by atoms with Gasteiger partial charge in [0.2, 0.25) is 0 Å². The van der Waals surface area contributed by atoms with Crippen molar-refractivity contribution < 1.29 is 9.47 Å². The average molecular weight is 293 g/mol. The van der Waals surface area contributed by atoms with E-state index in [0.29, 0.717) is 0 Å². The maximum absolute atomic E-state index is 6.29. The molecule has 0 bridgehead atoms. The van der Waals surface area contributed by atoms with E-state index >= 15 is 0 Å². The molecule has 0 spiro atoms. The van der Waals surface area contributed by atoms with Crippen molar-refractivity contribution >= 4 is 0 Å². The highest BCUT2D eigenvalue weighted by Gasteiger charge is 2.25. The third-order valence-corrected chi connectivity index (χ3v) is 3.36. The molecule has 1 aromatic carbocycles. The van der Waals surface area contributed by atoms with Crippen LogP contribution in [-0.2, 0) is 5.41 Å². The van der Waals surface area contributed by atoms with Gasteiger partial charge in [-0.1, -0.05) is 27.7 Å². The first-order valence-corrected chi connectivity index (χ1v) is 7.78. The number of hydrogen-bond acceptors (Lipinski definition) is 3. The highest BCUT2D eigenvalue weighted by molar-refractivity contribution is 5.44. The van der Waals surface area contributed by atoms with Crippen molar-refractivity contribution in [1.29, 1.82) is 0 Å². The van der Waals surface area contributed by atoms with E-state index in [1.807, 2.05) is 12.1 Å². The van der Waals surface area contributed by atoms with E-state index in [9.17, 15) is 0 Å². The SMILES string of the molecule is CCCNCC(C)(C)Oc1ccc(OC)cc1C(C)(C)C. The predicted molar refractivity (Wildman–Crippen MR) is 89.6 cm³/mol. The summed E-state index contributed by atoms with van der Waals surface area (Å²) in [5.41, 5.74) is 0.936. The second kappa shape index (κ2) is 7.17. The molecule has 0 aliphatic rings. The zero-order valence-electron chi connectivity index (χ0n) is 14.7. The Hall–Kier alpha value is -1.22. The lowest BCUT2D eigenvalue weighted by molar-refractivity contribution is 0.105. The van der Waals surface area contributed by atoms with Crippen LogP contribution in [-0.4, -0.2) is 25.8 Å². The van der Waals surface area contributed by atoms with Crippen LogP contribution in [0.2, 0.25) is 0 Å². The van der Waals surface area contributed by atoms with Crippen LogP contribution in [0.3, 0.4) is 0 Å². The maximum Gasteiger partial charge on any atom is 0.124 e. The lowest BCUT2D eigenvalue weighted by Gasteiger charge is -2.31. The summed E-state index contributed by atoms with van der Waals surface area (Å²) in [7, 11) is 1.70. The minimum atomic E-state index is -0.246. The van der Waals surface area contributed by atoms with Crippen LogP contribution in [0, 0.1) is 0 Å². The fraction of sp³-hybridized carbons (Fsp3) is 0.667. The van der Waals surface area contributed by atoms with Gasteiger partial charge in [-0.2, -0.15) is 0 Å². The standard InChI is InChI=1S/C18H31NO2/c1-8-11-19-13-18(5,6)21-16-10-9-14(20-7)12-15(16)17(2,3)4/h9-10,12,19H,8,11,13H2,1-7H3. The Labute approximate surface area is 130 Å². The summed E-state index contributed by atoms with van der Waals surface area (Å²) in [6, 6.07) is 6.05. The summed E-state index contributed by atoms with van der Waals surface area (Å²) < 4.78 is 11.6. The first kappa shape index (κ1) is 17.8. The topological polar surface area (TPSA) is 30.5 Å². The molecule has 0 radical (unpaired) electrons. The second-order valence-corrected chi connectivity index (χ2v) is 7.15. The third-order valence-electron chi connectivity index (χ3n) is 3.36. The summed E-state index contributed by atoms with van der Waals surface area (Å²) in [5, 5.41) is 3.43. The summed E-state index contributed by atoms with van der Waals surface area (Å²) in [6.07, 6.45) is 1.13. The van der Waals surface area contributed by atoms with E-state index in [2.05, 4.69) is 52.9 Å². The van der Waals surface area contributed by atoms with Crippen molar-refractivity contribution in [3.63, 3.8) is 0 Å². The molecule has 0 aliphatic heterocycles. The molecule has 0 saturated carbocycles. The van der Waals surface area contributed by atoms with E-state index in [-0.39, 0.29) is 11.0 Å². The van der Waals surface area contributed by atoms with Crippen molar-refractivity contribution in [3.8, 4) is 11.5 Å². The zero-order valence-corrected chi connectivity index (χ0v) is 14.7. The largest absolute Gasteiger partial charge is 0.497 e. The maximum atomic E-state index is 6.29. The van der Waals surface area contributed by atoms with E-state index in [4.69, 9.17) is 9.47 Å². The van der Waals surface area contributed by atoms with Gasteiger partial charge in [-0.05, 0) is 50.4 Å². The number of methoxy groups -OCH3 is 1. The van der Waals surface area contributed by atoms with Crippen LogP contribution in [0.1, 0.15) is 53.5 Å². The molecule has 120 valence electrons. The molecule has 3 heteroatoms. The van der Waals surface area contributed by atoms with Crippen LogP contribution >= 0.6 is 0 Å². The van der Waals surface area contributed by atoms with Crippen molar-refractivity contribution in [1.82, 2.24) is 5.32 Å². The van der Waals surface area contributed by atoms with E-state index < -0.39 is 0 Å². The zero-order chi connectivity index (χ0) is 16.1. The number of rotatable bonds is 7. The number of nitrogens with one attached hydrogen (secondary N) is 1. The summed E-state index contributed by atoms with van der Waals surface area (Å²) in [4.78, 5) is 0. The highest BCUT2D eigenvalue weighted by atomic mass is 16.5. The van der Waals surface area contributed by atoms with Gasteiger partial charge in [0.25, 0.3) is 0 Å². The summed E-state index contributed by atoms with van der Waals surface area (Å²) in [6.45, 7) is 14.8. The molecule has 0 unspecified atom stereocenters. The van der Waals surface area contributed by atoms with Gasteiger partial charge < -0.3 is 14.8 Å². The average Bonchev–Trinajstić information content (AvgIpc) is 2.37. The lowest BCUT2D eigenvalue weighted by atomic mass is 9.86. The van der Waals surface area contributed by atoms with Gasteiger partial charge in [-0.25, -0.2) is 0 Å². The first-order valence-electron chi connectivity index (χ1n) is 7.78. The first-order chi connectivity index (χ1) is 9.69. The van der Waals surface area contributed by atoms with Gasteiger partial charge in [0.05, 0.1) is 7.11 Å². The van der Waals surface area contributed by atoms with Crippen molar-refractivity contribution in [3.05, 3.63) is 23.8 Å². The molecule has 3 nitrogen and oxygen atoms in total. The normalized spacial score (nSPS) is 12.3. The molecule has 1 aromatic rings. The van der Waals surface area contributed by atoms with Gasteiger partial charge in [-0.15, -0.1) is 0 Å². The number of ether oxygens (including phenoxy) is 2. The fourth-order valence-corrected chi connectivity index (χ4v) is 2.21. The van der Waals surface area contributed by atoms with Gasteiger partial charge in [0.15, 0.2) is 0 Å². The van der Waals surface area contributed by atoms with Crippen LogP contribution in [0.5, 0.6) is 11.5 Å². The summed E-state index contributed by atoms with van der Waals surface area (Å²) in [5.74, 6) is 1.81. The number of benzene rings is 1. The fourth-order valence-electron chi connectivity index (χ4n) is 2.21. The van der Waals surface area contributed by atoms with Crippen molar-refractivity contribution in [2.45, 2.75) is 59.0 Å². The second-order valence-electron chi connectivity index (χ2n) is 7.15. The molecule has 0 aromatic heterocycles. The van der Waals surface area contributed by atoms with Crippen LogP contribution in [0.4, 0.5) is 0 Å². The quantitative estimate of drug-likeness (QED) is 0.766. The van der Waals surface area contributed by atoms with Crippen molar-refractivity contribution in [2.24, 2.45) is 0 Å². The minimum absolute atomic E-state index is 0.0107. The smallest absolute Gasteiger partial charge is 0.124 e. The molecular weight excluding hydrogens is 262 g/mol. The Morgan fingerprint density at radius 3 is 2.29 bits per heavy atom. The van der Waals surface area contributed by atoms with Gasteiger partial charge in [0, 0.05) is 12.1 Å². The molecule has 21 heavy (non-hydrogen) atoms. The Morgan fingerprint density at radius 1 is 1.10 bits per heavy atom. The third kappa shape index (κ3) is 5.58. The van der Waals surface area contributed by atoms with E-state index in [1.165, 1.54) is 5.56 Å². The molecule has 1 rings (SSSR count). The van der Waals surface area contributed by atoms with E-state index in [0.717, 1.165) is 31.0 Å². The van der Waals surface area contributed by atoms with E-state index in [1.54, 1.807) is 7.11 Å². The molecular formula is C18H31NO2. The van der Waals surface area contributed by atoms with Gasteiger partial charge in [0.1, 0.15) is 17.1 Å². The van der Waals surface area contributed by atoms with Crippen molar-refractivity contribution in [2.75, 3.05) is 20.2 Å². The van der Waals surface area contributed by atoms with Crippen LogP contribution in [0.25, 0.3) is 0 Å². The Kier molecular flexibility index (Phi) is 6.09. The Morgan fingerprint density at radius 2 is 1.76 bits per heavy atom. The monoisotopic (exact) mass is 293 g/mol. The molecule has 0 fully saturated rings. The molecule has 0 amide bonds. The molecule has 1 N–H and O–H groups in total. The van der Waals surface area contributed by atoms with Gasteiger partial charge >= 0.3 is 0 Å². The molecule has 0 heterocycles. The Bertz CT molecular complexity index is 447. The Balaban J connectivity index is 2.96. The van der Waals surface area contributed by atoms with Gasteiger partial charge in [-0.3, -0.25) is 0 Å².